The van der Waals surface area contributed by atoms with Crippen molar-refractivity contribution in [2.45, 2.75) is 45.9 Å². The molecular formula is C16H24F3NO. The Morgan fingerprint density at radius 1 is 1.24 bits per heavy atom. The zero-order valence-corrected chi connectivity index (χ0v) is 13.0. The highest BCUT2D eigenvalue weighted by atomic mass is 19.4. The maximum Gasteiger partial charge on any atom is 0.416 e. The van der Waals surface area contributed by atoms with Crippen LogP contribution in [0.5, 0.6) is 0 Å². The van der Waals surface area contributed by atoms with Crippen LogP contribution >= 0.6 is 0 Å². The van der Waals surface area contributed by atoms with Gasteiger partial charge in [-0.2, -0.15) is 13.2 Å². The fourth-order valence-corrected chi connectivity index (χ4v) is 2.30. The first-order valence-corrected chi connectivity index (χ1v) is 7.15. The number of aliphatic hydroxyl groups is 1. The van der Waals surface area contributed by atoms with Gasteiger partial charge in [0.25, 0.3) is 0 Å². The smallest absolute Gasteiger partial charge is 0.385 e. The van der Waals surface area contributed by atoms with Crippen LogP contribution in [0.4, 0.5) is 13.2 Å². The number of alkyl halides is 3. The number of halogens is 3. The zero-order valence-electron chi connectivity index (χ0n) is 13.0. The highest BCUT2D eigenvalue weighted by molar-refractivity contribution is 5.36. The molecule has 2 N–H and O–H groups in total. The Hall–Kier alpha value is -1.07. The van der Waals surface area contributed by atoms with Crippen LogP contribution < -0.4 is 5.32 Å². The third-order valence-corrected chi connectivity index (χ3v) is 3.48. The molecule has 0 heterocycles. The number of hydrogen-bond donors (Lipinski definition) is 2. The van der Waals surface area contributed by atoms with Crippen molar-refractivity contribution in [3.63, 3.8) is 0 Å². The summed E-state index contributed by atoms with van der Waals surface area (Å²) < 4.78 is 37.9. The Balaban J connectivity index is 2.79. The van der Waals surface area contributed by atoms with E-state index in [1.54, 1.807) is 13.8 Å². The van der Waals surface area contributed by atoms with E-state index in [2.05, 4.69) is 19.2 Å². The molecule has 21 heavy (non-hydrogen) atoms. The lowest BCUT2D eigenvalue weighted by molar-refractivity contribution is -0.137. The van der Waals surface area contributed by atoms with Crippen molar-refractivity contribution in [3.05, 3.63) is 34.9 Å². The highest BCUT2D eigenvalue weighted by Gasteiger charge is 2.32. The van der Waals surface area contributed by atoms with Gasteiger partial charge in [-0.1, -0.05) is 19.9 Å². The van der Waals surface area contributed by atoms with Crippen LogP contribution in [0.15, 0.2) is 18.2 Å². The summed E-state index contributed by atoms with van der Waals surface area (Å²) in [6, 6.07) is 3.49. The van der Waals surface area contributed by atoms with Crippen molar-refractivity contribution in [2.75, 3.05) is 13.1 Å². The van der Waals surface area contributed by atoms with Gasteiger partial charge in [-0.3, -0.25) is 0 Å². The Morgan fingerprint density at radius 3 is 2.33 bits per heavy atom. The summed E-state index contributed by atoms with van der Waals surface area (Å²) in [4.78, 5) is 0. The van der Waals surface area contributed by atoms with E-state index in [9.17, 15) is 18.3 Å². The average Bonchev–Trinajstić information content (AvgIpc) is 2.33. The summed E-state index contributed by atoms with van der Waals surface area (Å²) in [6.07, 6.45) is -3.90. The molecule has 1 atom stereocenters. The molecule has 0 saturated carbocycles. The Labute approximate surface area is 124 Å². The maximum absolute atomic E-state index is 12.6. The first-order chi connectivity index (χ1) is 9.54. The van der Waals surface area contributed by atoms with E-state index >= 15 is 0 Å². The van der Waals surface area contributed by atoms with Gasteiger partial charge in [0.15, 0.2) is 0 Å². The molecule has 1 unspecified atom stereocenters. The van der Waals surface area contributed by atoms with E-state index in [1.807, 2.05) is 0 Å². The molecule has 0 fully saturated rings. The minimum atomic E-state index is -4.35. The van der Waals surface area contributed by atoms with Gasteiger partial charge in [-0.25, -0.2) is 0 Å². The molecule has 0 aromatic heterocycles. The first-order valence-electron chi connectivity index (χ1n) is 7.15. The van der Waals surface area contributed by atoms with Crippen LogP contribution in [0.1, 0.15) is 43.9 Å². The standard InChI is InChI=1S/C16H24F3NO/c1-11(2)10-20-8-7-15(4,21)14-6-5-13(9-12(14)3)16(17,18)19/h5-6,9,11,20-21H,7-8,10H2,1-4H3. The van der Waals surface area contributed by atoms with Gasteiger partial charge >= 0.3 is 6.18 Å². The fourth-order valence-electron chi connectivity index (χ4n) is 2.30. The minimum Gasteiger partial charge on any atom is -0.385 e. The maximum atomic E-state index is 12.6. The quantitative estimate of drug-likeness (QED) is 0.782. The van der Waals surface area contributed by atoms with Gasteiger partial charge < -0.3 is 10.4 Å². The fraction of sp³-hybridized carbons (Fsp3) is 0.625. The molecule has 1 aromatic rings. The normalized spacial score (nSPS) is 15.3. The third kappa shape index (κ3) is 5.32. The minimum absolute atomic E-state index is 0.450. The predicted molar refractivity (Wildman–Crippen MR) is 78.1 cm³/mol. The molecule has 0 aliphatic carbocycles. The van der Waals surface area contributed by atoms with Crippen molar-refractivity contribution in [1.29, 1.82) is 0 Å². The second-order valence-electron chi connectivity index (χ2n) is 6.15. The molecule has 5 heteroatoms. The van der Waals surface area contributed by atoms with E-state index < -0.39 is 17.3 Å². The summed E-state index contributed by atoms with van der Waals surface area (Å²) in [6.45, 7) is 8.88. The SMILES string of the molecule is Cc1cc(C(F)(F)F)ccc1C(C)(O)CCNCC(C)C. The van der Waals surface area contributed by atoms with Crippen molar-refractivity contribution in [1.82, 2.24) is 5.32 Å². The lowest BCUT2D eigenvalue weighted by Gasteiger charge is -2.26. The van der Waals surface area contributed by atoms with Gasteiger partial charge in [0.2, 0.25) is 0 Å². The molecule has 1 aromatic carbocycles. The summed E-state index contributed by atoms with van der Waals surface area (Å²) in [7, 11) is 0. The monoisotopic (exact) mass is 303 g/mol. The molecule has 0 aliphatic rings. The van der Waals surface area contributed by atoms with E-state index in [0.717, 1.165) is 18.7 Å². The van der Waals surface area contributed by atoms with Crippen molar-refractivity contribution in [3.8, 4) is 0 Å². The molecule has 0 radical (unpaired) electrons. The molecule has 0 spiro atoms. The van der Waals surface area contributed by atoms with Gasteiger partial charge in [-0.05, 0) is 62.5 Å². The second-order valence-corrected chi connectivity index (χ2v) is 6.15. The van der Waals surface area contributed by atoms with E-state index in [4.69, 9.17) is 0 Å². The van der Waals surface area contributed by atoms with Crippen LogP contribution in [0.3, 0.4) is 0 Å². The molecule has 2 nitrogen and oxygen atoms in total. The summed E-state index contributed by atoms with van der Waals surface area (Å²) in [5, 5.41) is 13.7. The van der Waals surface area contributed by atoms with Crippen LogP contribution in [-0.4, -0.2) is 18.2 Å². The Morgan fingerprint density at radius 2 is 1.86 bits per heavy atom. The number of hydrogen-bond acceptors (Lipinski definition) is 2. The largest absolute Gasteiger partial charge is 0.416 e. The van der Waals surface area contributed by atoms with E-state index in [1.165, 1.54) is 6.07 Å². The van der Waals surface area contributed by atoms with Gasteiger partial charge in [0.05, 0.1) is 11.2 Å². The predicted octanol–water partition coefficient (Wildman–Crippen LogP) is 3.86. The second kappa shape index (κ2) is 6.79. The van der Waals surface area contributed by atoms with Gasteiger partial charge in [0, 0.05) is 0 Å². The van der Waals surface area contributed by atoms with Gasteiger partial charge in [0.1, 0.15) is 0 Å². The van der Waals surface area contributed by atoms with Crippen molar-refractivity contribution in [2.24, 2.45) is 5.92 Å². The topological polar surface area (TPSA) is 32.3 Å². The number of benzene rings is 1. The van der Waals surface area contributed by atoms with E-state index in [0.29, 0.717) is 30.0 Å². The molecule has 0 aliphatic heterocycles. The summed E-state index contributed by atoms with van der Waals surface area (Å²) in [5.74, 6) is 0.516. The lowest BCUT2D eigenvalue weighted by atomic mass is 9.88. The molecule has 120 valence electrons. The molecular weight excluding hydrogens is 279 g/mol. The number of rotatable bonds is 6. The molecule has 0 bridgehead atoms. The van der Waals surface area contributed by atoms with Crippen molar-refractivity contribution < 1.29 is 18.3 Å². The van der Waals surface area contributed by atoms with Crippen LogP contribution in [0.2, 0.25) is 0 Å². The van der Waals surface area contributed by atoms with Crippen molar-refractivity contribution >= 4 is 0 Å². The third-order valence-electron chi connectivity index (χ3n) is 3.48. The zero-order chi connectivity index (χ0) is 16.3. The summed E-state index contributed by atoms with van der Waals surface area (Å²) in [5.41, 5.74) is -0.823. The van der Waals surface area contributed by atoms with Crippen LogP contribution in [0.25, 0.3) is 0 Å². The molecule has 0 amide bonds. The number of aryl methyl sites for hydroxylation is 1. The Kier molecular flexibility index (Phi) is 5.82. The summed E-state index contributed by atoms with van der Waals surface area (Å²) >= 11 is 0. The van der Waals surface area contributed by atoms with Crippen LogP contribution in [-0.2, 0) is 11.8 Å². The van der Waals surface area contributed by atoms with Crippen LogP contribution in [0, 0.1) is 12.8 Å². The average molecular weight is 303 g/mol. The number of nitrogens with one attached hydrogen (secondary N) is 1. The lowest BCUT2D eigenvalue weighted by Crippen LogP contribution is -2.30. The van der Waals surface area contributed by atoms with Gasteiger partial charge in [-0.15, -0.1) is 0 Å². The first kappa shape index (κ1) is 18.0. The Bertz CT molecular complexity index is 467. The highest BCUT2D eigenvalue weighted by Crippen LogP contribution is 2.33. The molecule has 0 saturated heterocycles. The van der Waals surface area contributed by atoms with E-state index in [-0.39, 0.29) is 0 Å². The molecule has 1 rings (SSSR count).